The van der Waals surface area contributed by atoms with Gasteiger partial charge in [-0.15, -0.1) is 0 Å². The van der Waals surface area contributed by atoms with E-state index < -0.39 is 0 Å². The minimum Gasteiger partial charge on any atom is -0.395 e. The molecular weight excluding hydrogens is 278 g/mol. The normalized spacial score (nSPS) is 10.9. The number of hydrogen-bond donors (Lipinski definition) is 2. The molecule has 0 fully saturated rings. The highest BCUT2D eigenvalue weighted by Gasteiger charge is 2.12. The molecule has 2 rings (SSSR count). The summed E-state index contributed by atoms with van der Waals surface area (Å²) in [5.41, 5.74) is 2.75. The molecule has 22 heavy (non-hydrogen) atoms. The minimum absolute atomic E-state index is 0.0389. The van der Waals surface area contributed by atoms with E-state index in [1.165, 1.54) is 5.56 Å². The summed E-state index contributed by atoms with van der Waals surface area (Å²) in [5.74, 6) is -0.0389. The van der Waals surface area contributed by atoms with Crippen LogP contribution in [0.25, 0.3) is 0 Å². The van der Waals surface area contributed by atoms with E-state index in [0.29, 0.717) is 18.8 Å². The van der Waals surface area contributed by atoms with E-state index in [4.69, 9.17) is 0 Å². The number of aromatic amines is 1. The second-order valence-corrected chi connectivity index (χ2v) is 5.52. The zero-order valence-corrected chi connectivity index (χ0v) is 13.1. The fourth-order valence-corrected chi connectivity index (χ4v) is 2.34. The standard InChI is InChI=1S/C17H23N3O2/c1-19(2)17(22)16-9-8-15(18-16)13-20(10-11-21)12-14-6-4-3-5-7-14/h3-9,18,21H,10-13H2,1-2H3. The van der Waals surface area contributed by atoms with E-state index >= 15 is 0 Å². The van der Waals surface area contributed by atoms with E-state index in [9.17, 15) is 9.90 Å². The van der Waals surface area contributed by atoms with Crippen molar-refractivity contribution in [2.75, 3.05) is 27.2 Å². The molecule has 1 heterocycles. The van der Waals surface area contributed by atoms with Crippen LogP contribution in [-0.4, -0.2) is 53.0 Å². The quantitative estimate of drug-likeness (QED) is 0.818. The van der Waals surface area contributed by atoms with Gasteiger partial charge in [0.15, 0.2) is 0 Å². The van der Waals surface area contributed by atoms with Crippen LogP contribution in [-0.2, 0) is 13.1 Å². The third kappa shape index (κ3) is 4.44. The Morgan fingerprint density at radius 1 is 1.09 bits per heavy atom. The second kappa shape index (κ2) is 7.77. The number of rotatable bonds is 7. The molecule has 1 amide bonds. The number of aliphatic hydroxyl groups excluding tert-OH is 1. The Bertz CT molecular complexity index is 593. The van der Waals surface area contributed by atoms with Crippen molar-refractivity contribution >= 4 is 5.91 Å². The molecular formula is C17H23N3O2. The Morgan fingerprint density at radius 2 is 1.82 bits per heavy atom. The average Bonchev–Trinajstić information content (AvgIpc) is 2.96. The van der Waals surface area contributed by atoms with Gasteiger partial charge in [0.25, 0.3) is 5.91 Å². The number of aliphatic hydroxyl groups is 1. The van der Waals surface area contributed by atoms with E-state index in [1.807, 2.05) is 24.3 Å². The summed E-state index contributed by atoms with van der Waals surface area (Å²) in [6, 6.07) is 13.9. The smallest absolute Gasteiger partial charge is 0.269 e. The molecule has 118 valence electrons. The van der Waals surface area contributed by atoms with Crippen molar-refractivity contribution in [3.05, 3.63) is 59.4 Å². The van der Waals surface area contributed by atoms with Gasteiger partial charge in [-0.2, -0.15) is 0 Å². The topological polar surface area (TPSA) is 59.6 Å². The van der Waals surface area contributed by atoms with Gasteiger partial charge in [0.05, 0.1) is 6.61 Å². The molecule has 0 unspecified atom stereocenters. The lowest BCUT2D eigenvalue weighted by Crippen LogP contribution is -2.26. The first kappa shape index (κ1) is 16.3. The van der Waals surface area contributed by atoms with Gasteiger partial charge < -0.3 is 15.0 Å². The molecule has 0 saturated carbocycles. The van der Waals surface area contributed by atoms with Gasteiger partial charge in [0.1, 0.15) is 5.69 Å². The SMILES string of the molecule is CN(C)C(=O)c1ccc(CN(CCO)Cc2ccccc2)[nH]1. The van der Waals surface area contributed by atoms with Crippen LogP contribution in [0.1, 0.15) is 21.7 Å². The molecule has 5 nitrogen and oxygen atoms in total. The van der Waals surface area contributed by atoms with Crippen LogP contribution in [0.5, 0.6) is 0 Å². The molecule has 1 aromatic heterocycles. The number of carbonyl (C=O) groups is 1. The summed E-state index contributed by atoms with van der Waals surface area (Å²) in [7, 11) is 3.46. The molecule has 0 spiro atoms. The zero-order chi connectivity index (χ0) is 15.9. The van der Waals surface area contributed by atoms with Crippen molar-refractivity contribution in [2.45, 2.75) is 13.1 Å². The van der Waals surface area contributed by atoms with Gasteiger partial charge in [0.2, 0.25) is 0 Å². The maximum absolute atomic E-state index is 11.9. The molecule has 0 bridgehead atoms. The van der Waals surface area contributed by atoms with Gasteiger partial charge in [-0.25, -0.2) is 0 Å². The Hall–Kier alpha value is -2.11. The first-order valence-electron chi connectivity index (χ1n) is 7.37. The van der Waals surface area contributed by atoms with Gasteiger partial charge in [-0.05, 0) is 17.7 Å². The Kier molecular flexibility index (Phi) is 5.75. The number of carbonyl (C=O) groups excluding carboxylic acids is 1. The highest BCUT2D eigenvalue weighted by molar-refractivity contribution is 5.92. The number of H-pyrrole nitrogens is 1. The molecule has 0 saturated heterocycles. The van der Waals surface area contributed by atoms with Crippen LogP contribution >= 0.6 is 0 Å². The monoisotopic (exact) mass is 301 g/mol. The number of nitrogens with one attached hydrogen (secondary N) is 1. The van der Waals surface area contributed by atoms with E-state index in [0.717, 1.165) is 12.2 Å². The molecule has 0 atom stereocenters. The van der Waals surface area contributed by atoms with E-state index in [-0.39, 0.29) is 12.5 Å². The number of aromatic nitrogens is 1. The molecule has 2 aromatic rings. The predicted octanol–water partition coefficient (Wildman–Crippen LogP) is 1.71. The molecule has 0 aliphatic carbocycles. The van der Waals surface area contributed by atoms with Crippen LogP contribution < -0.4 is 0 Å². The summed E-state index contributed by atoms with van der Waals surface area (Å²) < 4.78 is 0. The Morgan fingerprint density at radius 3 is 2.45 bits per heavy atom. The van der Waals surface area contributed by atoms with Gasteiger partial charge >= 0.3 is 0 Å². The fraction of sp³-hybridized carbons (Fsp3) is 0.353. The van der Waals surface area contributed by atoms with Crippen molar-refractivity contribution in [1.29, 1.82) is 0 Å². The fourth-order valence-electron chi connectivity index (χ4n) is 2.34. The molecule has 1 aromatic carbocycles. The van der Waals surface area contributed by atoms with Crippen molar-refractivity contribution < 1.29 is 9.90 Å². The molecule has 5 heteroatoms. The van der Waals surface area contributed by atoms with Crippen molar-refractivity contribution in [2.24, 2.45) is 0 Å². The summed E-state index contributed by atoms with van der Waals surface area (Å²) in [6.07, 6.45) is 0. The average molecular weight is 301 g/mol. The highest BCUT2D eigenvalue weighted by atomic mass is 16.3. The number of benzene rings is 1. The lowest BCUT2D eigenvalue weighted by Gasteiger charge is -2.20. The maximum atomic E-state index is 11.9. The molecule has 0 radical (unpaired) electrons. The highest BCUT2D eigenvalue weighted by Crippen LogP contribution is 2.10. The maximum Gasteiger partial charge on any atom is 0.269 e. The van der Waals surface area contributed by atoms with Crippen LogP contribution in [0.2, 0.25) is 0 Å². The van der Waals surface area contributed by atoms with Crippen LogP contribution in [0.3, 0.4) is 0 Å². The third-order valence-electron chi connectivity index (χ3n) is 3.44. The summed E-state index contributed by atoms with van der Waals surface area (Å²) in [5, 5.41) is 9.25. The number of amides is 1. The van der Waals surface area contributed by atoms with Gasteiger partial charge in [-0.1, -0.05) is 30.3 Å². The first-order valence-corrected chi connectivity index (χ1v) is 7.37. The van der Waals surface area contributed by atoms with Crippen molar-refractivity contribution in [3.63, 3.8) is 0 Å². The minimum atomic E-state index is -0.0389. The Labute approximate surface area is 131 Å². The van der Waals surface area contributed by atoms with Crippen molar-refractivity contribution in [1.82, 2.24) is 14.8 Å². The van der Waals surface area contributed by atoms with Gasteiger partial charge in [0, 0.05) is 39.4 Å². The van der Waals surface area contributed by atoms with Crippen LogP contribution in [0, 0.1) is 0 Å². The van der Waals surface area contributed by atoms with E-state index in [1.54, 1.807) is 25.1 Å². The van der Waals surface area contributed by atoms with Crippen LogP contribution in [0.15, 0.2) is 42.5 Å². The molecule has 2 N–H and O–H groups in total. The van der Waals surface area contributed by atoms with Gasteiger partial charge in [-0.3, -0.25) is 9.69 Å². The predicted molar refractivity (Wildman–Crippen MR) is 86.5 cm³/mol. The lowest BCUT2D eigenvalue weighted by atomic mass is 10.2. The summed E-state index contributed by atoms with van der Waals surface area (Å²) in [4.78, 5) is 18.7. The Balaban J connectivity index is 2.03. The largest absolute Gasteiger partial charge is 0.395 e. The van der Waals surface area contributed by atoms with Crippen LogP contribution in [0.4, 0.5) is 0 Å². The third-order valence-corrected chi connectivity index (χ3v) is 3.44. The van der Waals surface area contributed by atoms with E-state index in [2.05, 4.69) is 22.0 Å². The zero-order valence-electron chi connectivity index (χ0n) is 13.1. The summed E-state index contributed by atoms with van der Waals surface area (Å²) >= 11 is 0. The second-order valence-electron chi connectivity index (χ2n) is 5.52. The summed E-state index contributed by atoms with van der Waals surface area (Å²) in [6.45, 7) is 2.12. The van der Waals surface area contributed by atoms with Crippen molar-refractivity contribution in [3.8, 4) is 0 Å². The first-order chi connectivity index (χ1) is 10.6. The molecule has 0 aliphatic heterocycles. The number of nitrogens with zero attached hydrogens (tertiary/aromatic N) is 2. The number of hydrogen-bond acceptors (Lipinski definition) is 3. The lowest BCUT2D eigenvalue weighted by molar-refractivity contribution is 0.0822. The molecule has 0 aliphatic rings.